The number of aromatic nitrogens is 2. The van der Waals surface area contributed by atoms with E-state index in [1.54, 1.807) is 24.4 Å². The minimum absolute atomic E-state index is 0.118. The Morgan fingerprint density at radius 3 is 2.58 bits per heavy atom. The lowest BCUT2D eigenvalue weighted by molar-refractivity contribution is 0.476. The average molecular weight is 259 g/mol. The molecule has 2 N–H and O–H groups in total. The number of phenolic OH excluding ortho intramolecular Hbond substituents is 1. The first-order valence-corrected chi connectivity index (χ1v) is 6.23. The Labute approximate surface area is 111 Å². The molecule has 19 heavy (non-hydrogen) atoms. The van der Waals surface area contributed by atoms with Crippen LogP contribution in [0.4, 0.5) is 17.2 Å². The van der Waals surface area contributed by atoms with Gasteiger partial charge in [-0.15, -0.1) is 10.2 Å². The van der Waals surface area contributed by atoms with Crippen molar-refractivity contribution in [2.75, 3.05) is 18.0 Å². The molecule has 0 aliphatic carbocycles. The van der Waals surface area contributed by atoms with Gasteiger partial charge in [0.1, 0.15) is 11.4 Å². The number of aromatic hydroxyl groups is 1. The predicted octanol–water partition coefficient (Wildman–Crippen LogP) is 3.38. The SMILES string of the molecule is CCN(CC)c1ccc(N=Nc2ccn[nH]2)c(O)c1. The van der Waals surface area contributed by atoms with Gasteiger partial charge in [-0.3, -0.25) is 5.10 Å². The van der Waals surface area contributed by atoms with Crippen LogP contribution in [0.1, 0.15) is 13.8 Å². The van der Waals surface area contributed by atoms with Crippen molar-refractivity contribution in [1.82, 2.24) is 10.2 Å². The van der Waals surface area contributed by atoms with Gasteiger partial charge >= 0.3 is 0 Å². The minimum Gasteiger partial charge on any atom is -0.506 e. The normalized spacial score (nSPS) is 11.1. The van der Waals surface area contributed by atoms with Crippen molar-refractivity contribution in [2.45, 2.75) is 13.8 Å². The first-order chi connectivity index (χ1) is 9.24. The van der Waals surface area contributed by atoms with Crippen molar-refractivity contribution in [1.29, 1.82) is 0 Å². The van der Waals surface area contributed by atoms with Crippen LogP contribution in [0, 0.1) is 0 Å². The Kier molecular flexibility index (Phi) is 4.12. The molecule has 0 radical (unpaired) electrons. The summed E-state index contributed by atoms with van der Waals surface area (Å²) in [7, 11) is 0. The number of azo groups is 1. The molecule has 0 fully saturated rings. The average Bonchev–Trinajstić information content (AvgIpc) is 2.92. The van der Waals surface area contributed by atoms with Crippen LogP contribution in [0.25, 0.3) is 0 Å². The van der Waals surface area contributed by atoms with Crippen molar-refractivity contribution < 1.29 is 5.11 Å². The number of H-pyrrole nitrogens is 1. The fraction of sp³-hybridized carbons (Fsp3) is 0.308. The molecule has 0 unspecified atom stereocenters. The monoisotopic (exact) mass is 259 g/mol. The van der Waals surface area contributed by atoms with Gasteiger partial charge in [-0.1, -0.05) is 0 Å². The Morgan fingerprint density at radius 2 is 2.00 bits per heavy atom. The molecule has 0 saturated heterocycles. The second-order valence-electron chi connectivity index (χ2n) is 3.99. The van der Waals surface area contributed by atoms with Crippen LogP contribution in [-0.2, 0) is 0 Å². The second kappa shape index (κ2) is 5.99. The van der Waals surface area contributed by atoms with Gasteiger partial charge in [-0.25, -0.2) is 0 Å². The molecular formula is C13H17N5O. The molecule has 6 heteroatoms. The largest absolute Gasteiger partial charge is 0.506 e. The van der Waals surface area contributed by atoms with Crippen molar-refractivity contribution in [2.24, 2.45) is 10.2 Å². The van der Waals surface area contributed by atoms with E-state index in [0.29, 0.717) is 11.5 Å². The van der Waals surface area contributed by atoms with Crippen molar-refractivity contribution >= 4 is 17.2 Å². The van der Waals surface area contributed by atoms with Crippen molar-refractivity contribution in [3.05, 3.63) is 30.5 Å². The van der Waals surface area contributed by atoms with E-state index in [0.717, 1.165) is 18.8 Å². The minimum atomic E-state index is 0.118. The maximum atomic E-state index is 9.95. The highest BCUT2D eigenvalue weighted by Crippen LogP contribution is 2.31. The summed E-state index contributed by atoms with van der Waals surface area (Å²) in [6, 6.07) is 7.08. The Morgan fingerprint density at radius 1 is 1.21 bits per heavy atom. The van der Waals surface area contributed by atoms with E-state index in [1.165, 1.54) is 0 Å². The molecule has 2 rings (SSSR count). The van der Waals surface area contributed by atoms with Gasteiger partial charge in [0.25, 0.3) is 0 Å². The predicted molar refractivity (Wildman–Crippen MR) is 74.4 cm³/mol. The molecule has 0 aliphatic rings. The van der Waals surface area contributed by atoms with E-state index < -0.39 is 0 Å². The lowest BCUT2D eigenvalue weighted by Crippen LogP contribution is -2.21. The van der Waals surface area contributed by atoms with Gasteiger partial charge in [-0.2, -0.15) is 5.10 Å². The van der Waals surface area contributed by atoms with Crippen LogP contribution in [0.3, 0.4) is 0 Å². The number of hydrogen-bond donors (Lipinski definition) is 2. The topological polar surface area (TPSA) is 76.9 Å². The maximum Gasteiger partial charge on any atom is 0.170 e. The van der Waals surface area contributed by atoms with E-state index in [-0.39, 0.29) is 5.75 Å². The van der Waals surface area contributed by atoms with Crippen LogP contribution in [0.5, 0.6) is 5.75 Å². The second-order valence-corrected chi connectivity index (χ2v) is 3.99. The molecule has 0 bridgehead atoms. The smallest absolute Gasteiger partial charge is 0.170 e. The molecular weight excluding hydrogens is 242 g/mol. The molecule has 0 amide bonds. The van der Waals surface area contributed by atoms with E-state index in [4.69, 9.17) is 0 Å². The van der Waals surface area contributed by atoms with Crippen LogP contribution in [0.2, 0.25) is 0 Å². The molecule has 6 nitrogen and oxygen atoms in total. The summed E-state index contributed by atoms with van der Waals surface area (Å²) < 4.78 is 0. The van der Waals surface area contributed by atoms with Gasteiger partial charge in [0.2, 0.25) is 0 Å². The van der Waals surface area contributed by atoms with Gasteiger partial charge in [0, 0.05) is 30.9 Å². The van der Waals surface area contributed by atoms with Crippen LogP contribution in [0.15, 0.2) is 40.7 Å². The number of rotatable bonds is 5. The summed E-state index contributed by atoms with van der Waals surface area (Å²) in [5.74, 6) is 0.667. The standard InChI is InChI=1S/C13H17N5O/c1-3-18(4-2)10-5-6-11(12(19)9-10)15-17-13-7-8-14-16-13/h5-9,19H,3-4H2,1-2H3,(H,14,16). The number of phenols is 1. The van der Waals surface area contributed by atoms with Crippen LogP contribution < -0.4 is 4.90 Å². The summed E-state index contributed by atoms with van der Waals surface area (Å²) in [5.41, 5.74) is 1.41. The van der Waals surface area contributed by atoms with E-state index in [1.807, 2.05) is 6.07 Å². The van der Waals surface area contributed by atoms with Gasteiger partial charge in [0.15, 0.2) is 5.82 Å². The van der Waals surface area contributed by atoms with Crippen molar-refractivity contribution in [3.63, 3.8) is 0 Å². The van der Waals surface area contributed by atoms with Gasteiger partial charge in [0.05, 0.1) is 6.20 Å². The third-order valence-corrected chi connectivity index (χ3v) is 2.84. The van der Waals surface area contributed by atoms with E-state index in [2.05, 4.69) is 39.2 Å². The first kappa shape index (κ1) is 13.1. The lowest BCUT2D eigenvalue weighted by Gasteiger charge is -2.21. The van der Waals surface area contributed by atoms with E-state index >= 15 is 0 Å². The number of anilines is 1. The first-order valence-electron chi connectivity index (χ1n) is 6.23. The molecule has 0 spiro atoms. The Balaban J connectivity index is 2.20. The zero-order chi connectivity index (χ0) is 13.7. The number of hydrogen-bond acceptors (Lipinski definition) is 5. The molecule has 100 valence electrons. The summed E-state index contributed by atoms with van der Waals surface area (Å²) in [4.78, 5) is 2.15. The van der Waals surface area contributed by atoms with Gasteiger partial charge < -0.3 is 10.0 Å². The molecule has 0 saturated carbocycles. The number of aromatic amines is 1. The summed E-state index contributed by atoms with van der Waals surface area (Å²) in [5, 5.41) is 24.3. The third kappa shape index (κ3) is 3.09. The highest BCUT2D eigenvalue weighted by molar-refractivity contribution is 5.61. The quantitative estimate of drug-likeness (QED) is 0.808. The lowest BCUT2D eigenvalue weighted by atomic mass is 10.2. The third-order valence-electron chi connectivity index (χ3n) is 2.84. The fourth-order valence-corrected chi connectivity index (χ4v) is 1.79. The molecule has 2 aromatic rings. The summed E-state index contributed by atoms with van der Waals surface area (Å²) in [6.45, 7) is 5.94. The highest BCUT2D eigenvalue weighted by atomic mass is 16.3. The number of benzene rings is 1. The molecule has 1 aromatic carbocycles. The Hall–Kier alpha value is -2.37. The highest BCUT2D eigenvalue weighted by Gasteiger charge is 2.06. The van der Waals surface area contributed by atoms with E-state index in [9.17, 15) is 5.11 Å². The van der Waals surface area contributed by atoms with Crippen LogP contribution in [-0.4, -0.2) is 28.4 Å². The number of nitrogens with one attached hydrogen (secondary N) is 1. The number of nitrogens with zero attached hydrogens (tertiary/aromatic N) is 4. The van der Waals surface area contributed by atoms with Crippen molar-refractivity contribution in [3.8, 4) is 5.75 Å². The Bertz CT molecular complexity index is 546. The zero-order valence-corrected chi connectivity index (χ0v) is 11.0. The van der Waals surface area contributed by atoms with Crippen LogP contribution >= 0.6 is 0 Å². The van der Waals surface area contributed by atoms with Gasteiger partial charge in [-0.05, 0) is 26.0 Å². The zero-order valence-electron chi connectivity index (χ0n) is 11.0. The fourth-order valence-electron chi connectivity index (χ4n) is 1.79. The summed E-state index contributed by atoms with van der Waals surface area (Å²) in [6.07, 6.45) is 1.59. The maximum absolute atomic E-state index is 9.95. The summed E-state index contributed by atoms with van der Waals surface area (Å²) >= 11 is 0. The molecule has 1 heterocycles. The molecule has 1 aromatic heterocycles. The molecule has 0 atom stereocenters. The molecule has 0 aliphatic heterocycles.